The van der Waals surface area contributed by atoms with Crippen LogP contribution in [0.1, 0.15) is 47.9 Å². The van der Waals surface area contributed by atoms with Crippen molar-refractivity contribution in [2.45, 2.75) is 39.3 Å². The quantitative estimate of drug-likeness (QED) is 0.719. The van der Waals surface area contributed by atoms with Crippen LogP contribution in [-0.2, 0) is 9.53 Å². The summed E-state index contributed by atoms with van der Waals surface area (Å²) in [7, 11) is 3.33. The van der Waals surface area contributed by atoms with Gasteiger partial charge in [0, 0.05) is 63.7 Å². The third-order valence-electron chi connectivity index (χ3n) is 6.22. The molecule has 0 spiro atoms. The van der Waals surface area contributed by atoms with Crippen molar-refractivity contribution in [2.75, 3.05) is 39.2 Å². The predicted octanol–water partition coefficient (Wildman–Crippen LogP) is 3.08. The van der Waals surface area contributed by atoms with Crippen molar-refractivity contribution in [3.05, 3.63) is 53.9 Å². The molecule has 0 saturated heterocycles. The van der Waals surface area contributed by atoms with Gasteiger partial charge in [0.05, 0.1) is 23.3 Å². The third-order valence-corrected chi connectivity index (χ3v) is 6.22. The molecule has 3 rings (SSSR count). The van der Waals surface area contributed by atoms with E-state index in [2.05, 4.69) is 10.3 Å². The minimum absolute atomic E-state index is 0.0520. The van der Waals surface area contributed by atoms with Gasteiger partial charge in [0.15, 0.2) is 0 Å². The van der Waals surface area contributed by atoms with E-state index in [9.17, 15) is 14.4 Å². The van der Waals surface area contributed by atoms with Gasteiger partial charge in [-0.2, -0.15) is 0 Å². The Labute approximate surface area is 206 Å². The van der Waals surface area contributed by atoms with Crippen LogP contribution in [0.15, 0.2) is 42.7 Å². The molecule has 2 heterocycles. The topological polar surface area (TPSA) is 101 Å². The normalized spacial score (nSPS) is 21.3. The monoisotopic (exact) mass is 482 g/mol. The summed E-state index contributed by atoms with van der Waals surface area (Å²) in [4.78, 5) is 46.0. The zero-order valence-electron chi connectivity index (χ0n) is 21.0. The summed E-state index contributed by atoms with van der Waals surface area (Å²) < 4.78 is 11.8. The number of rotatable bonds is 4. The molecular weight excluding hydrogens is 448 g/mol. The van der Waals surface area contributed by atoms with E-state index in [1.54, 1.807) is 73.6 Å². The maximum Gasteiger partial charge on any atom is 0.257 e. The maximum absolute atomic E-state index is 13.4. The number of fused-ring (bicyclic) bond motifs is 1. The number of nitrogens with zero attached hydrogens (tertiary/aromatic N) is 3. The van der Waals surface area contributed by atoms with E-state index >= 15 is 0 Å². The number of carbonyl (C=O) groups is 3. The van der Waals surface area contributed by atoms with Crippen molar-refractivity contribution < 1.29 is 23.9 Å². The minimum atomic E-state index is -0.309. The number of ether oxygens (including phenoxy) is 2. The molecule has 35 heavy (non-hydrogen) atoms. The van der Waals surface area contributed by atoms with Crippen LogP contribution in [0.2, 0.25) is 0 Å². The zero-order valence-corrected chi connectivity index (χ0v) is 21.0. The molecule has 3 atom stereocenters. The van der Waals surface area contributed by atoms with Gasteiger partial charge in [0.1, 0.15) is 12.4 Å². The second kappa shape index (κ2) is 11.8. The highest BCUT2D eigenvalue weighted by atomic mass is 16.5. The molecule has 1 aliphatic heterocycles. The van der Waals surface area contributed by atoms with Crippen LogP contribution in [0.25, 0.3) is 0 Å². The van der Waals surface area contributed by atoms with Crippen LogP contribution in [0.3, 0.4) is 0 Å². The maximum atomic E-state index is 13.4. The number of pyridine rings is 1. The second-order valence-electron chi connectivity index (χ2n) is 8.91. The Hall–Kier alpha value is -3.46. The lowest BCUT2D eigenvalue weighted by Crippen LogP contribution is -2.48. The number of likely N-dealkylation sites (N-methyl/N-ethyl adjacent to an activating group) is 1. The highest BCUT2D eigenvalue weighted by Gasteiger charge is 2.31. The summed E-state index contributed by atoms with van der Waals surface area (Å²) in [5, 5.41) is 2.80. The summed E-state index contributed by atoms with van der Waals surface area (Å²) in [6, 6.07) is 8.15. The number of benzene rings is 1. The van der Waals surface area contributed by atoms with Gasteiger partial charge in [0.2, 0.25) is 5.91 Å². The summed E-state index contributed by atoms with van der Waals surface area (Å²) in [6.45, 7) is 6.59. The Bertz CT molecular complexity index is 1050. The van der Waals surface area contributed by atoms with Crippen LogP contribution in [0.5, 0.6) is 5.75 Å². The molecule has 188 valence electrons. The average molecular weight is 483 g/mol. The van der Waals surface area contributed by atoms with Gasteiger partial charge >= 0.3 is 0 Å². The van der Waals surface area contributed by atoms with Gasteiger partial charge in [-0.15, -0.1) is 0 Å². The van der Waals surface area contributed by atoms with E-state index in [0.717, 1.165) is 0 Å². The molecule has 1 N–H and O–H groups in total. The first kappa shape index (κ1) is 26.2. The third kappa shape index (κ3) is 6.36. The summed E-state index contributed by atoms with van der Waals surface area (Å²) in [5.41, 5.74) is 1.41. The van der Waals surface area contributed by atoms with Crippen LogP contribution < -0.4 is 10.1 Å². The molecule has 0 unspecified atom stereocenters. The standard InChI is InChI=1S/C26H34N4O5/c1-6-24(31)28-20-9-10-21-22(12-20)35-16-18(3)30(25(32)19-8-7-11-27-13-19)14-17(2)23(34-5)15-29(4)26(21)33/h7-13,17-18,23H,6,14-16H2,1-5H3,(H,28,31)/t17-,18+,23-/m1/s1. The average Bonchev–Trinajstić information content (AvgIpc) is 2.87. The Morgan fingerprint density at radius 1 is 1.23 bits per heavy atom. The smallest absolute Gasteiger partial charge is 0.257 e. The first-order valence-corrected chi connectivity index (χ1v) is 11.8. The van der Waals surface area contributed by atoms with E-state index in [-0.39, 0.29) is 42.4 Å². The zero-order chi connectivity index (χ0) is 25.5. The fraction of sp³-hybridized carbons (Fsp3) is 0.462. The van der Waals surface area contributed by atoms with Gasteiger partial charge in [-0.05, 0) is 31.2 Å². The number of nitrogens with one attached hydrogen (secondary N) is 1. The van der Waals surface area contributed by atoms with E-state index in [1.165, 1.54) is 0 Å². The molecule has 1 aromatic heterocycles. The molecule has 2 aromatic rings. The van der Waals surface area contributed by atoms with Crippen LogP contribution in [0, 0.1) is 5.92 Å². The van der Waals surface area contributed by atoms with Gasteiger partial charge < -0.3 is 24.6 Å². The molecule has 9 heteroatoms. The number of amides is 3. The summed E-state index contributed by atoms with van der Waals surface area (Å²) in [5.74, 6) is -0.205. The van der Waals surface area contributed by atoms with E-state index in [1.807, 2.05) is 13.8 Å². The lowest BCUT2D eigenvalue weighted by Gasteiger charge is -2.36. The number of anilines is 1. The van der Waals surface area contributed by atoms with Crippen molar-refractivity contribution in [2.24, 2.45) is 5.92 Å². The predicted molar refractivity (Wildman–Crippen MR) is 133 cm³/mol. The van der Waals surface area contributed by atoms with Crippen molar-refractivity contribution in [1.82, 2.24) is 14.8 Å². The van der Waals surface area contributed by atoms with E-state index in [4.69, 9.17) is 9.47 Å². The van der Waals surface area contributed by atoms with Crippen molar-refractivity contribution in [1.29, 1.82) is 0 Å². The van der Waals surface area contributed by atoms with E-state index in [0.29, 0.717) is 42.1 Å². The van der Waals surface area contributed by atoms with Crippen molar-refractivity contribution in [3.8, 4) is 5.75 Å². The first-order valence-electron chi connectivity index (χ1n) is 11.8. The van der Waals surface area contributed by atoms with E-state index < -0.39 is 0 Å². The largest absolute Gasteiger partial charge is 0.491 e. The lowest BCUT2D eigenvalue weighted by atomic mass is 10.0. The molecule has 0 saturated carbocycles. The number of carbonyl (C=O) groups excluding carboxylic acids is 3. The Morgan fingerprint density at radius 3 is 2.66 bits per heavy atom. The van der Waals surface area contributed by atoms with Crippen LogP contribution in [0.4, 0.5) is 5.69 Å². The van der Waals surface area contributed by atoms with Gasteiger partial charge in [-0.1, -0.05) is 13.8 Å². The summed E-state index contributed by atoms with van der Waals surface area (Å²) >= 11 is 0. The Morgan fingerprint density at radius 2 is 2.00 bits per heavy atom. The number of methoxy groups -OCH3 is 1. The molecule has 0 bridgehead atoms. The van der Waals surface area contributed by atoms with Crippen LogP contribution >= 0.6 is 0 Å². The molecule has 0 fully saturated rings. The second-order valence-corrected chi connectivity index (χ2v) is 8.91. The SMILES string of the molecule is CCC(=O)Nc1ccc2c(c1)OC[C@H](C)N(C(=O)c1cccnc1)C[C@@H](C)[C@H](OC)CN(C)C2=O. The molecule has 3 amide bonds. The Balaban J connectivity index is 1.99. The van der Waals surface area contributed by atoms with Gasteiger partial charge in [-0.25, -0.2) is 0 Å². The Kier molecular flexibility index (Phi) is 8.81. The molecule has 0 radical (unpaired) electrons. The minimum Gasteiger partial charge on any atom is -0.491 e. The van der Waals surface area contributed by atoms with Gasteiger partial charge in [0.25, 0.3) is 11.8 Å². The molecule has 1 aromatic carbocycles. The molecule has 1 aliphatic rings. The van der Waals surface area contributed by atoms with Gasteiger partial charge in [-0.3, -0.25) is 19.4 Å². The van der Waals surface area contributed by atoms with Crippen molar-refractivity contribution in [3.63, 3.8) is 0 Å². The summed E-state index contributed by atoms with van der Waals surface area (Å²) in [6.07, 6.45) is 3.22. The molecular formula is C26H34N4O5. The lowest BCUT2D eigenvalue weighted by molar-refractivity contribution is -0.115. The van der Waals surface area contributed by atoms with Crippen LogP contribution in [-0.4, -0.2) is 78.5 Å². The highest BCUT2D eigenvalue weighted by Crippen LogP contribution is 2.27. The number of hydrogen-bond acceptors (Lipinski definition) is 6. The molecule has 9 nitrogen and oxygen atoms in total. The number of aromatic nitrogens is 1. The number of hydrogen-bond donors (Lipinski definition) is 1. The fourth-order valence-electron chi connectivity index (χ4n) is 4.04. The molecule has 0 aliphatic carbocycles. The van der Waals surface area contributed by atoms with Crippen molar-refractivity contribution >= 4 is 23.4 Å². The first-order chi connectivity index (χ1) is 16.7. The highest BCUT2D eigenvalue weighted by molar-refractivity contribution is 5.98. The fourth-order valence-corrected chi connectivity index (χ4v) is 4.04.